The number of carbonyl (C=O) groups is 2. The maximum absolute atomic E-state index is 12.4. The number of benzene rings is 1. The Morgan fingerprint density at radius 1 is 1.11 bits per heavy atom. The maximum Gasteiger partial charge on any atom is 0.309 e. The molecule has 28 heavy (non-hydrogen) atoms. The highest BCUT2D eigenvalue weighted by atomic mass is 16.5. The second-order valence-electron chi connectivity index (χ2n) is 6.77. The molecule has 0 radical (unpaired) electrons. The molecule has 0 atom stereocenters. The molecule has 0 spiro atoms. The Labute approximate surface area is 162 Å². The standard InChI is InChI=1S/C21H21N3O4/c25-20(19-3-1-14-27-19)23-12-8-17(9-13-23)21(26)28-15-16-4-6-18(7-5-16)24-11-2-10-22-24/h1-7,10-11,14,17H,8-9,12-13,15H2. The molecule has 0 unspecified atom stereocenters. The fraction of sp³-hybridized carbons (Fsp3) is 0.286. The number of hydrogen-bond acceptors (Lipinski definition) is 5. The quantitative estimate of drug-likeness (QED) is 0.637. The molecular weight excluding hydrogens is 358 g/mol. The van der Waals surface area contributed by atoms with Gasteiger partial charge in [0.2, 0.25) is 0 Å². The van der Waals surface area contributed by atoms with Crippen LogP contribution in [0.3, 0.4) is 0 Å². The molecule has 1 aromatic carbocycles. The fourth-order valence-electron chi connectivity index (χ4n) is 3.31. The van der Waals surface area contributed by atoms with Crippen LogP contribution in [-0.4, -0.2) is 39.6 Å². The minimum absolute atomic E-state index is 0.130. The summed E-state index contributed by atoms with van der Waals surface area (Å²) >= 11 is 0. The number of hydrogen-bond donors (Lipinski definition) is 0. The van der Waals surface area contributed by atoms with Crippen LogP contribution in [0.2, 0.25) is 0 Å². The predicted molar refractivity (Wildman–Crippen MR) is 101 cm³/mol. The van der Waals surface area contributed by atoms with Crippen molar-refractivity contribution in [3.05, 3.63) is 72.4 Å². The Hall–Kier alpha value is -3.35. The smallest absolute Gasteiger partial charge is 0.309 e. The van der Waals surface area contributed by atoms with Crippen molar-refractivity contribution < 1.29 is 18.7 Å². The Morgan fingerprint density at radius 3 is 2.54 bits per heavy atom. The SMILES string of the molecule is O=C(OCc1ccc(-n2cccn2)cc1)C1CCN(C(=O)c2ccco2)CC1. The molecule has 1 amide bonds. The minimum Gasteiger partial charge on any atom is -0.461 e. The van der Waals surface area contributed by atoms with Crippen LogP contribution in [0.4, 0.5) is 0 Å². The maximum atomic E-state index is 12.4. The van der Waals surface area contributed by atoms with Crippen molar-refractivity contribution in [3.8, 4) is 5.69 Å². The highest BCUT2D eigenvalue weighted by molar-refractivity contribution is 5.91. The molecule has 0 N–H and O–H groups in total. The van der Waals surface area contributed by atoms with Crippen LogP contribution in [0, 0.1) is 5.92 Å². The zero-order chi connectivity index (χ0) is 19.3. The number of esters is 1. The van der Waals surface area contributed by atoms with E-state index < -0.39 is 0 Å². The van der Waals surface area contributed by atoms with Crippen molar-refractivity contribution in [1.29, 1.82) is 0 Å². The Balaban J connectivity index is 1.25. The Morgan fingerprint density at radius 2 is 1.89 bits per heavy atom. The van der Waals surface area contributed by atoms with Crippen molar-refractivity contribution >= 4 is 11.9 Å². The van der Waals surface area contributed by atoms with Crippen LogP contribution >= 0.6 is 0 Å². The molecular formula is C21H21N3O4. The zero-order valence-corrected chi connectivity index (χ0v) is 15.4. The topological polar surface area (TPSA) is 77.6 Å². The van der Waals surface area contributed by atoms with Crippen molar-refractivity contribution in [2.45, 2.75) is 19.4 Å². The number of aromatic nitrogens is 2. The first kappa shape index (κ1) is 18.0. The van der Waals surface area contributed by atoms with E-state index in [-0.39, 0.29) is 24.4 Å². The van der Waals surface area contributed by atoms with Crippen LogP contribution < -0.4 is 0 Å². The second-order valence-corrected chi connectivity index (χ2v) is 6.77. The van der Waals surface area contributed by atoms with Crippen molar-refractivity contribution in [3.63, 3.8) is 0 Å². The van der Waals surface area contributed by atoms with Gasteiger partial charge in [0, 0.05) is 25.5 Å². The lowest BCUT2D eigenvalue weighted by atomic mass is 9.97. The number of likely N-dealkylation sites (tertiary alicyclic amines) is 1. The van der Waals surface area contributed by atoms with Gasteiger partial charge >= 0.3 is 5.97 Å². The first-order valence-corrected chi connectivity index (χ1v) is 9.29. The van der Waals surface area contributed by atoms with Gasteiger partial charge in [-0.25, -0.2) is 4.68 Å². The third-order valence-corrected chi connectivity index (χ3v) is 4.93. The highest BCUT2D eigenvalue weighted by Gasteiger charge is 2.29. The third-order valence-electron chi connectivity index (χ3n) is 4.93. The van der Waals surface area contributed by atoms with Gasteiger partial charge in [-0.1, -0.05) is 12.1 Å². The molecule has 1 aliphatic heterocycles. The average Bonchev–Trinajstić information content (AvgIpc) is 3.46. The Kier molecular flexibility index (Phi) is 5.23. The molecule has 1 fully saturated rings. The lowest BCUT2D eigenvalue weighted by Crippen LogP contribution is -2.40. The second kappa shape index (κ2) is 8.12. The van der Waals surface area contributed by atoms with Crippen LogP contribution in [0.5, 0.6) is 0 Å². The van der Waals surface area contributed by atoms with Gasteiger partial charge in [-0.2, -0.15) is 5.10 Å². The molecule has 4 rings (SSSR count). The Bertz CT molecular complexity index is 909. The molecule has 7 nitrogen and oxygen atoms in total. The average molecular weight is 379 g/mol. The van der Waals surface area contributed by atoms with E-state index in [0.29, 0.717) is 31.7 Å². The summed E-state index contributed by atoms with van der Waals surface area (Å²) in [5.41, 5.74) is 1.88. The van der Waals surface area contributed by atoms with E-state index in [1.165, 1.54) is 6.26 Å². The van der Waals surface area contributed by atoms with Crippen LogP contribution in [-0.2, 0) is 16.1 Å². The van der Waals surface area contributed by atoms with Crippen LogP contribution in [0.1, 0.15) is 29.0 Å². The monoisotopic (exact) mass is 379 g/mol. The number of piperidine rings is 1. The molecule has 144 valence electrons. The van der Waals surface area contributed by atoms with Gasteiger partial charge in [-0.15, -0.1) is 0 Å². The van der Waals surface area contributed by atoms with E-state index in [2.05, 4.69) is 5.10 Å². The number of nitrogens with zero attached hydrogens (tertiary/aromatic N) is 3. The van der Waals surface area contributed by atoms with Crippen LogP contribution in [0.15, 0.2) is 65.5 Å². The van der Waals surface area contributed by atoms with Crippen molar-refractivity contribution in [1.82, 2.24) is 14.7 Å². The van der Waals surface area contributed by atoms with Gasteiger partial charge in [-0.05, 0) is 48.7 Å². The van der Waals surface area contributed by atoms with Gasteiger partial charge < -0.3 is 14.1 Å². The van der Waals surface area contributed by atoms with Gasteiger partial charge in [0.15, 0.2) is 5.76 Å². The van der Waals surface area contributed by atoms with Gasteiger partial charge in [0.25, 0.3) is 5.91 Å². The molecule has 0 aliphatic carbocycles. The van der Waals surface area contributed by atoms with Gasteiger partial charge in [-0.3, -0.25) is 9.59 Å². The lowest BCUT2D eigenvalue weighted by Gasteiger charge is -2.30. The fourth-order valence-corrected chi connectivity index (χ4v) is 3.31. The number of carbonyl (C=O) groups excluding carboxylic acids is 2. The first-order chi connectivity index (χ1) is 13.7. The number of furan rings is 1. The summed E-state index contributed by atoms with van der Waals surface area (Å²) in [6.07, 6.45) is 6.28. The number of ether oxygens (including phenoxy) is 1. The van der Waals surface area contributed by atoms with Crippen molar-refractivity contribution in [2.24, 2.45) is 5.92 Å². The zero-order valence-electron chi connectivity index (χ0n) is 15.4. The van der Waals surface area contributed by atoms with Gasteiger partial charge in [0.05, 0.1) is 17.9 Å². The van der Waals surface area contributed by atoms with Gasteiger partial charge in [0.1, 0.15) is 6.61 Å². The summed E-state index contributed by atoms with van der Waals surface area (Å²) in [6, 6.07) is 12.9. The molecule has 2 aromatic heterocycles. The largest absolute Gasteiger partial charge is 0.461 e. The van der Waals surface area contributed by atoms with E-state index in [1.54, 1.807) is 27.9 Å². The minimum atomic E-state index is -0.207. The molecule has 1 saturated heterocycles. The molecule has 1 aliphatic rings. The summed E-state index contributed by atoms with van der Waals surface area (Å²) < 4.78 is 12.4. The lowest BCUT2D eigenvalue weighted by molar-refractivity contribution is -0.151. The van der Waals surface area contributed by atoms with E-state index in [1.807, 2.05) is 36.5 Å². The summed E-state index contributed by atoms with van der Waals surface area (Å²) in [5.74, 6) is -0.182. The highest BCUT2D eigenvalue weighted by Crippen LogP contribution is 2.21. The van der Waals surface area contributed by atoms with E-state index >= 15 is 0 Å². The number of amides is 1. The van der Waals surface area contributed by atoms with Crippen molar-refractivity contribution in [2.75, 3.05) is 13.1 Å². The van der Waals surface area contributed by atoms with E-state index in [0.717, 1.165) is 11.3 Å². The van der Waals surface area contributed by atoms with Crippen LogP contribution in [0.25, 0.3) is 5.69 Å². The summed E-state index contributed by atoms with van der Waals surface area (Å²) in [5, 5.41) is 4.18. The molecule has 7 heteroatoms. The van der Waals surface area contributed by atoms with E-state index in [4.69, 9.17) is 9.15 Å². The summed E-state index contributed by atoms with van der Waals surface area (Å²) in [4.78, 5) is 26.4. The molecule has 0 saturated carbocycles. The number of rotatable bonds is 5. The summed E-state index contributed by atoms with van der Waals surface area (Å²) in [6.45, 7) is 1.29. The summed E-state index contributed by atoms with van der Waals surface area (Å²) in [7, 11) is 0. The predicted octanol–water partition coefficient (Wildman–Crippen LogP) is 3.06. The molecule has 0 bridgehead atoms. The normalized spacial score (nSPS) is 14.8. The molecule has 3 aromatic rings. The third kappa shape index (κ3) is 3.98. The first-order valence-electron chi connectivity index (χ1n) is 9.29. The van der Waals surface area contributed by atoms with E-state index in [9.17, 15) is 9.59 Å². The molecule has 3 heterocycles.